The monoisotopic (exact) mass is 475 g/mol. The summed E-state index contributed by atoms with van der Waals surface area (Å²) in [6.07, 6.45) is 1.68. The van der Waals surface area contributed by atoms with E-state index in [4.69, 9.17) is 0 Å². The highest BCUT2D eigenvalue weighted by atomic mass is 79.9. The largest absolute Gasteiger partial charge is 0.391 e. The van der Waals surface area contributed by atoms with Crippen molar-refractivity contribution >= 4 is 26.0 Å². The summed E-state index contributed by atoms with van der Waals surface area (Å²) >= 11 is 3.27. The quantitative estimate of drug-likeness (QED) is 0.633. The molecule has 0 aromatic heterocycles. The number of rotatable bonds is 6. The summed E-state index contributed by atoms with van der Waals surface area (Å²) in [6.45, 7) is 7.18. The molecular formula is C23H26BrNO3S. The Kier molecular flexibility index (Phi) is 8.23. The molecule has 0 radical (unpaired) electrons. The van der Waals surface area contributed by atoms with E-state index in [0.717, 1.165) is 11.1 Å². The van der Waals surface area contributed by atoms with Gasteiger partial charge in [-0.25, -0.2) is 8.42 Å². The van der Waals surface area contributed by atoms with Crippen molar-refractivity contribution in [2.45, 2.75) is 38.6 Å². The predicted molar refractivity (Wildman–Crippen MR) is 121 cm³/mol. The zero-order valence-electron chi connectivity index (χ0n) is 17.1. The van der Waals surface area contributed by atoms with Gasteiger partial charge in [0.2, 0.25) is 10.0 Å². The Morgan fingerprint density at radius 1 is 1.17 bits per heavy atom. The topological polar surface area (TPSA) is 57.6 Å². The van der Waals surface area contributed by atoms with E-state index in [1.807, 2.05) is 63.2 Å². The lowest BCUT2D eigenvalue weighted by molar-refractivity contribution is 0.337. The molecule has 0 aliphatic heterocycles. The maximum absolute atomic E-state index is 13.6. The molecule has 0 saturated carbocycles. The number of aryl methyl sites for hydroxylation is 3. The third kappa shape index (κ3) is 6.03. The van der Waals surface area contributed by atoms with E-state index in [2.05, 4.69) is 27.8 Å². The lowest BCUT2D eigenvalue weighted by atomic mass is 10.1. The van der Waals surface area contributed by atoms with Crippen LogP contribution in [-0.2, 0) is 10.0 Å². The smallest absolute Gasteiger partial charge is 0.245 e. The molecule has 0 unspecified atom stereocenters. The van der Waals surface area contributed by atoms with Crippen molar-refractivity contribution in [2.75, 3.05) is 13.2 Å². The van der Waals surface area contributed by atoms with Gasteiger partial charge in [-0.3, -0.25) is 0 Å². The number of aliphatic hydroxyl groups excluding tert-OH is 1. The molecule has 4 nitrogen and oxygen atoms in total. The van der Waals surface area contributed by atoms with Crippen molar-refractivity contribution in [2.24, 2.45) is 0 Å². The summed E-state index contributed by atoms with van der Waals surface area (Å²) in [4.78, 5) is 0.310. The van der Waals surface area contributed by atoms with Crippen LogP contribution in [0, 0.1) is 32.6 Å². The minimum Gasteiger partial charge on any atom is -0.391 e. The summed E-state index contributed by atoms with van der Waals surface area (Å²) in [5.74, 6) is 6.01. The standard InChI is InChI=1S/C23H26BrNO3S/c1-17-13-18(2)23(19(3)14-17)29(27,28)25(20(4)15-22(24)16-26)12-8-11-21-9-6-5-7-10-21/h5-7,9-10,13-15,20,26H,12,16H2,1-4H3/b22-15-/t20-/m0/s1. The molecule has 2 aromatic carbocycles. The third-order valence-corrected chi connectivity index (χ3v) is 7.19. The number of sulfonamides is 1. The summed E-state index contributed by atoms with van der Waals surface area (Å²) < 4.78 is 29.1. The zero-order chi connectivity index (χ0) is 21.6. The molecule has 0 aliphatic carbocycles. The van der Waals surface area contributed by atoms with E-state index in [1.54, 1.807) is 13.0 Å². The van der Waals surface area contributed by atoms with Gasteiger partial charge in [-0.2, -0.15) is 4.31 Å². The Morgan fingerprint density at radius 2 is 1.76 bits per heavy atom. The SMILES string of the molecule is Cc1cc(C)c(S(=O)(=O)N(CC#Cc2ccccc2)[C@@H](C)/C=C(\Br)CO)c(C)c1. The van der Waals surface area contributed by atoms with E-state index in [0.29, 0.717) is 20.5 Å². The maximum atomic E-state index is 13.6. The number of benzene rings is 2. The van der Waals surface area contributed by atoms with Crippen molar-refractivity contribution in [3.63, 3.8) is 0 Å². The van der Waals surface area contributed by atoms with Gasteiger partial charge in [0.15, 0.2) is 0 Å². The van der Waals surface area contributed by atoms with Crippen molar-refractivity contribution < 1.29 is 13.5 Å². The maximum Gasteiger partial charge on any atom is 0.245 e. The van der Waals surface area contributed by atoms with Gasteiger partial charge in [0.05, 0.1) is 18.0 Å². The van der Waals surface area contributed by atoms with Gasteiger partial charge in [-0.15, -0.1) is 0 Å². The van der Waals surface area contributed by atoms with E-state index >= 15 is 0 Å². The van der Waals surface area contributed by atoms with Gasteiger partial charge < -0.3 is 5.11 Å². The number of nitrogens with zero attached hydrogens (tertiary/aromatic N) is 1. The molecule has 0 amide bonds. The van der Waals surface area contributed by atoms with Crippen LogP contribution in [-0.4, -0.2) is 37.0 Å². The Bertz CT molecular complexity index is 1030. The van der Waals surface area contributed by atoms with Crippen LogP contribution in [0.4, 0.5) is 0 Å². The molecule has 0 spiro atoms. The van der Waals surface area contributed by atoms with Gasteiger partial charge in [0, 0.05) is 16.1 Å². The van der Waals surface area contributed by atoms with Crippen LogP contribution >= 0.6 is 15.9 Å². The summed E-state index contributed by atoms with van der Waals surface area (Å²) in [6, 6.07) is 12.7. The van der Waals surface area contributed by atoms with Crippen LogP contribution in [0.25, 0.3) is 0 Å². The lowest BCUT2D eigenvalue weighted by Gasteiger charge is -2.26. The average molecular weight is 476 g/mol. The molecule has 2 rings (SSSR count). The summed E-state index contributed by atoms with van der Waals surface area (Å²) in [7, 11) is -3.80. The Morgan fingerprint density at radius 3 is 2.31 bits per heavy atom. The third-order valence-electron chi connectivity index (χ3n) is 4.44. The fourth-order valence-corrected chi connectivity index (χ4v) is 5.56. The molecule has 1 N–H and O–H groups in total. The molecule has 1 atom stereocenters. The van der Waals surface area contributed by atoms with Crippen LogP contribution in [0.1, 0.15) is 29.2 Å². The summed E-state index contributed by atoms with van der Waals surface area (Å²) in [5.41, 5.74) is 3.26. The number of aliphatic hydroxyl groups is 1. The zero-order valence-corrected chi connectivity index (χ0v) is 19.5. The summed E-state index contributed by atoms with van der Waals surface area (Å²) in [5, 5.41) is 9.32. The molecule has 0 bridgehead atoms. The molecule has 29 heavy (non-hydrogen) atoms. The molecule has 2 aromatic rings. The van der Waals surface area contributed by atoms with E-state index in [1.165, 1.54) is 4.31 Å². The first-order valence-electron chi connectivity index (χ1n) is 9.27. The lowest BCUT2D eigenvalue weighted by Crippen LogP contribution is -2.38. The van der Waals surface area contributed by atoms with Gasteiger partial charge in [-0.05, 0) is 51.0 Å². The fraction of sp³-hybridized carbons (Fsp3) is 0.304. The molecule has 0 heterocycles. The second-order valence-corrected chi connectivity index (χ2v) is 9.80. The first kappa shape index (κ1) is 23.4. The van der Waals surface area contributed by atoms with Crippen molar-refractivity contribution in [1.82, 2.24) is 4.31 Å². The van der Waals surface area contributed by atoms with Crippen LogP contribution in [0.2, 0.25) is 0 Å². The van der Waals surface area contributed by atoms with Crippen LogP contribution in [0.5, 0.6) is 0 Å². The molecule has 6 heteroatoms. The van der Waals surface area contributed by atoms with Gasteiger partial charge >= 0.3 is 0 Å². The number of hydrogen-bond donors (Lipinski definition) is 1. The van der Waals surface area contributed by atoms with E-state index in [9.17, 15) is 13.5 Å². The Balaban J connectivity index is 2.50. The second-order valence-electron chi connectivity index (χ2n) is 6.96. The average Bonchev–Trinajstić information content (AvgIpc) is 2.64. The molecule has 154 valence electrons. The minimum absolute atomic E-state index is 0.0351. The van der Waals surface area contributed by atoms with Crippen LogP contribution < -0.4 is 0 Å². The molecule has 0 saturated heterocycles. The predicted octanol–water partition coefficient (Wildman–Crippen LogP) is 4.31. The Hall–Kier alpha value is -1.91. The highest BCUT2D eigenvalue weighted by Gasteiger charge is 2.30. The van der Waals surface area contributed by atoms with Crippen LogP contribution in [0.15, 0.2) is 57.9 Å². The normalized spacial score (nSPS) is 13.1. The van der Waals surface area contributed by atoms with Crippen LogP contribution in [0.3, 0.4) is 0 Å². The number of halogens is 1. The van der Waals surface area contributed by atoms with Crippen molar-refractivity contribution in [1.29, 1.82) is 0 Å². The fourth-order valence-electron chi connectivity index (χ4n) is 3.28. The molecule has 0 fully saturated rings. The van der Waals surface area contributed by atoms with E-state index < -0.39 is 16.1 Å². The van der Waals surface area contributed by atoms with Gasteiger partial charge in [0.25, 0.3) is 0 Å². The van der Waals surface area contributed by atoms with E-state index in [-0.39, 0.29) is 13.2 Å². The minimum atomic E-state index is -3.80. The number of hydrogen-bond acceptors (Lipinski definition) is 3. The molecule has 0 aliphatic rings. The first-order chi connectivity index (χ1) is 13.7. The van der Waals surface area contributed by atoms with Gasteiger partial charge in [-0.1, -0.05) is 69.7 Å². The van der Waals surface area contributed by atoms with Crippen molar-refractivity contribution in [3.8, 4) is 11.8 Å². The van der Waals surface area contributed by atoms with Gasteiger partial charge in [0.1, 0.15) is 0 Å². The first-order valence-corrected chi connectivity index (χ1v) is 11.5. The second kappa shape index (κ2) is 10.2. The highest BCUT2D eigenvalue weighted by molar-refractivity contribution is 9.11. The Labute approximate surface area is 182 Å². The molecular weight excluding hydrogens is 450 g/mol. The highest BCUT2D eigenvalue weighted by Crippen LogP contribution is 2.27. The van der Waals surface area contributed by atoms with Crippen molar-refractivity contribution in [3.05, 3.63) is 75.3 Å².